The van der Waals surface area contributed by atoms with Crippen molar-refractivity contribution < 1.29 is 9.53 Å². The van der Waals surface area contributed by atoms with E-state index in [1.807, 2.05) is 39.0 Å². The van der Waals surface area contributed by atoms with E-state index < -0.39 is 11.2 Å². The molecule has 0 spiro atoms. The molecule has 2 heterocycles. The van der Waals surface area contributed by atoms with Crippen molar-refractivity contribution in [1.29, 1.82) is 10.5 Å². The number of carbonyl (C=O) groups is 1. The molecular weight excluding hydrogens is 394 g/mol. The normalized spacial score (nSPS) is 14.0. The third-order valence-corrected chi connectivity index (χ3v) is 4.98. The number of pyridine rings is 1. The Balaban J connectivity index is 1.83. The minimum absolute atomic E-state index is 0.0215. The molecule has 31 heavy (non-hydrogen) atoms. The van der Waals surface area contributed by atoms with Gasteiger partial charge in [-0.25, -0.2) is 4.79 Å². The highest BCUT2D eigenvalue weighted by Crippen LogP contribution is 2.29. The summed E-state index contributed by atoms with van der Waals surface area (Å²) < 4.78 is 5.43. The number of hydrogen-bond donors (Lipinski definition) is 1. The molecule has 2 aromatic rings. The van der Waals surface area contributed by atoms with Gasteiger partial charge in [-0.3, -0.25) is 4.79 Å². The molecule has 1 fully saturated rings. The lowest BCUT2D eigenvalue weighted by atomic mass is 9.98. The monoisotopic (exact) mass is 419 g/mol. The molecule has 1 saturated heterocycles. The van der Waals surface area contributed by atoms with E-state index in [1.165, 1.54) is 0 Å². The first kappa shape index (κ1) is 21.9. The van der Waals surface area contributed by atoms with E-state index in [0.29, 0.717) is 48.6 Å². The molecular formula is C23H25N5O3. The first-order valence-electron chi connectivity index (χ1n) is 10.0. The van der Waals surface area contributed by atoms with Gasteiger partial charge in [-0.1, -0.05) is 6.07 Å². The Bertz CT molecular complexity index is 1140. The zero-order chi connectivity index (χ0) is 22.8. The van der Waals surface area contributed by atoms with Gasteiger partial charge in [-0.15, -0.1) is 0 Å². The van der Waals surface area contributed by atoms with Crippen LogP contribution in [0, 0.1) is 29.6 Å². The second kappa shape index (κ2) is 8.53. The van der Waals surface area contributed by atoms with Crippen LogP contribution in [0.3, 0.4) is 0 Å². The molecule has 0 saturated carbocycles. The number of benzene rings is 1. The molecule has 1 aromatic carbocycles. The highest BCUT2D eigenvalue weighted by molar-refractivity contribution is 5.75. The molecule has 1 aliphatic heterocycles. The first-order chi connectivity index (χ1) is 14.6. The number of rotatable bonds is 2. The third kappa shape index (κ3) is 4.87. The second-order valence-electron chi connectivity index (χ2n) is 8.48. The number of piperazine rings is 1. The van der Waals surface area contributed by atoms with E-state index in [2.05, 4.69) is 16.0 Å². The highest BCUT2D eigenvalue weighted by atomic mass is 16.6. The molecule has 160 valence electrons. The lowest BCUT2D eigenvalue weighted by molar-refractivity contribution is 0.0240. The maximum atomic E-state index is 12.3. The number of nitriles is 2. The lowest BCUT2D eigenvalue weighted by Crippen LogP contribution is -2.50. The Morgan fingerprint density at radius 3 is 2.35 bits per heavy atom. The minimum atomic E-state index is -0.544. The molecule has 0 atom stereocenters. The number of aromatic nitrogens is 1. The topological polar surface area (TPSA) is 113 Å². The highest BCUT2D eigenvalue weighted by Gasteiger charge is 2.27. The summed E-state index contributed by atoms with van der Waals surface area (Å²) in [6, 6.07) is 11.2. The van der Waals surface area contributed by atoms with Crippen LogP contribution in [0.1, 0.15) is 37.6 Å². The summed E-state index contributed by atoms with van der Waals surface area (Å²) >= 11 is 0. The van der Waals surface area contributed by atoms with Crippen molar-refractivity contribution in [3.63, 3.8) is 0 Å². The molecule has 0 bridgehead atoms. The number of nitrogens with one attached hydrogen (secondary N) is 1. The van der Waals surface area contributed by atoms with Gasteiger partial charge in [0.1, 0.15) is 23.3 Å². The van der Waals surface area contributed by atoms with Gasteiger partial charge in [0.15, 0.2) is 0 Å². The number of ether oxygens (including phenoxy) is 1. The van der Waals surface area contributed by atoms with Gasteiger partial charge >= 0.3 is 6.09 Å². The zero-order valence-electron chi connectivity index (χ0n) is 18.2. The van der Waals surface area contributed by atoms with Gasteiger partial charge in [0.25, 0.3) is 5.56 Å². The van der Waals surface area contributed by atoms with Gasteiger partial charge in [0, 0.05) is 37.4 Å². The van der Waals surface area contributed by atoms with Crippen molar-refractivity contribution in [3.8, 4) is 23.3 Å². The SMILES string of the molecule is Cc1cc(-c2ccc(N3CCN(C(=O)OC(C)(C)C)CC3)c(C#N)c2)c(C#N)c(=O)[nH]1. The van der Waals surface area contributed by atoms with E-state index >= 15 is 0 Å². The molecule has 0 aliphatic carbocycles. The van der Waals surface area contributed by atoms with E-state index in [9.17, 15) is 20.1 Å². The lowest BCUT2D eigenvalue weighted by Gasteiger charge is -2.37. The second-order valence-corrected chi connectivity index (χ2v) is 8.48. The molecule has 8 nitrogen and oxygen atoms in total. The number of aromatic amines is 1. The zero-order valence-corrected chi connectivity index (χ0v) is 18.2. The van der Waals surface area contributed by atoms with Crippen molar-refractivity contribution in [2.24, 2.45) is 0 Å². The fraction of sp³-hybridized carbons (Fsp3) is 0.391. The van der Waals surface area contributed by atoms with Crippen LogP contribution in [0.25, 0.3) is 11.1 Å². The van der Waals surface area contributed by atoms with Gasteiger partial charge in [0.2, 0.25) is 0 Å². The summed E-state index contributed by atoms with van der Waals surface area (Å²) in [7, 11) is 0. The number of aryl methyl sites for hydroxylation is 1. The Hall–Kier alpha value is -3.78. The average molecular weight is 419 g/mol. The van der Waals surface area contributed by atoms with Crippen LogP contribution in [0.4, 0.5) is 10.5 Å². The van der Waals surface area contributed by atoms with Crippen LogP contribution in [0.2, 0.25) is 0 Å². The van der Waals surface area contributed by atoms with Crippen LogP contribution in [0.5, 0.6) is 0 Å². The van der Waals surface area contributed by atoms with E-state index in [0.717, 1.165) is 5.69 Å². The molecule has 8 heteroatoms. The number of amides is 1. The number of H-pyrrole nitrogens is 1. The maximum absolute atomic E-state index is 12.3. The van der Waals surface area contributed by atoms with Crippen LogP contribution < -0.4 is 10.5 Å². The summed E-state index contributed by atoms with van der Waals surface area (Å²) in [5.74, 6) is 0. The van der Waals surface area contributed by atoms with E-state index in [-0.39, 0.29) is 11.7 Å². The molecule has 0 radical (unpaired) electrons. The summed E-state index contributed by atoms with van der Waals surface area (Å²) in [5.41, 5.74) is 2.02. The van der Waals surface area contributed by atoms with Gasteiger partial charge in [-0.2, -0.15) is 10.5 Å². The Morgan fingerprint density at radius 2 is 1.77 bits per heavy atom. The average Bonchev–Trinajstić information content (AvgIpc) is 2.71. The smallest absolute Gasteiger partial charge is 0.410 e. The number of nitrogens with zero attached hydrogens (tertiary/aromatic N) is 4. The largest absolute Gasteiger partial charge is 0.444 e. The minimum Gasteiger partial charge on any atom is -0.444 e. The Morgan fingerprint density at radius 1 is 1.10 bits per heavy atom. The maximum Gasteiger partial charge on any atom is 0.410 e. The number of hydrogen-bond acceptors (Lipinski definition) is 6. The standard InChI is InChI=1S/C23H25N5O3/c1-15-11-18(19(14-25)21(29)26-15)16-5-6-20(17(12-16)13-24)27-7-9-28(10-8-27)22(30)31-23(2,3)4/h5-6,11-12H,7-10H2,1-4H3,(H,26,29). The van der Waals surface area contributed by atoms with Gasteiger partial charge in [0.05, 0.1) is 11.3 Å². The fourth-order valence-corrected chi connectivity index (χ4v) is 3.55. The Kier molecular flexibility index (Phi) is 6.03. The predicted octanol–water partition coefficient (Wildman–Crippen LogP) is 3.15. The van der Waals surface area contributed by atoms with Crippen molar-refractivity contribution in [2.75, 3.05) is 31.1 Å². The number of anilines is 1. The van der Waals surface area contributed by atoms with Crippen LogP contribution >= 0.6 is 0 Å². The molecule has 3 rings (SSSR count). The third-order valence-electron chi connectivity index (χ3n) is 4.98. The summed E-state index contributed by atoms with van der Waals surface area (Å²) in [6.07, 6.45) is -0.336. The van der Waals surface area contributed by atoms with Crippen LogP contribution in [-0.2, 0) is 4.74 Å². The first-order valence-corrected chi connectivity index (χ1v) is 10.0. The van der Waals surface area contributed by atoms with Gasteiger partial charge in [-0.05, 0) is 51.5 Å². The number of carbonyl (C=O) groups excluding carboxylic acids is 1. The van der Waals surface area contributed by atoms with E-state index in [4.69, 9.17) is 4.74 Å². The fourth-order valence-electron chi connectivity index (χ4n) is 3.55. The summed E-state index contributed by atoms with van der Waals surface area (Å²) in [6.45, 7) is 9.38. The van der Waals surface area contributed by atoms with Gasteiger partial charge < -0.3 is 19.5 Å². The Labute approximate surface area is 181 Å². The van der Waals surface area contributed by atoms with Crippen LogP contribution in [-0.4, -0.2) is 47.8 Å². The van der Waals surface area contributed by atoms with Crippen molar-refractivity contribution in [2.45, 2.75) is 33.3 Å². The summed E-state index contributed by atoms with van der Waals surface area (Å²) in [4.78, 5) is 30.7. The molecule has 0 unspecified atom stereocenters. The molecule has 1 amide bonds. The molecule has 1 N–H and O–H groups in total. The van der Waals surface area contributed by atoms with Crippen molar-refractivity contribution >= 4 is 11.8 Å². The van der Waals surface area contributed by atoms with E-state index in [1.54, 1.807) is 24.0 Å². The van der Waals surface area contributed by atoms with Crippen molar-refractivity contribution in [3.05, 3.63) is 51.4 Å². The van der Waals surface area contributed by atoms with Crippen LogP contribution in [0.15, 0.2) is 29.1 Å². The molecule has 1 aromatic heterocycles. The summed E-state index contributed by atoms with van der Waals surface area (Å²) in [5, 5.41) is 19.1. The quantitative estimate of drug-likeness (QED) is 0.800. The molecule has 1 aliphatic rings. The van der Waals surface area contributed by atoms with Crippen molar-refractivity contribution in [1.82, 2.24) is 9.88 Å². The predicted molar refractivity (Wildman–Crippen MR) is 117 cm³/mol.